The number of allylic oxidation sites excluding steroid dienone is 1. The first-order valence-corrected chi connectivity index (χ1v) is 6.50. The standard InChI is InChI=1S/C16H13N3O2/c17-9-13(11-3-2-6-19-10-11)15(18)12-4-1-5-14-16(12)21-8-7-20-14/h1-6,10H,7-8,18H2/b15-13-. The van der Waals surface area contributed by atoms with Gasteiger partial charge < -0.3 is 15.2 Å². The topological polar surface area (TPSA) is 81.2 Å². The molecule has 0 aliphatic carbocycles. The van der Waals surface area contributed by atoms with Gasteiger partial charge in [-0.05, 0) is 18.2 Å². The minimum atomic E-state index is 0.354. The number of pyridine rings is 1. The zero-order chi connectivity index (χ0) is 14.7. The first-order chi connectivity index (χ1) is 10.3. The van der Waals surface area contributed by atoms with E-state index in [0.717, 1.165) is 0 Å². The van der Waals surface area contributed by atoms with Crippen molar-refractivity contribution in [2.75, 3.05) is 13.2 Å². The minimum absolute atomic E-state index is 0.354. The number of nitrogens with two attached hydrogens (primary N) is 1. The van der Waals surface area contributed by atoms with Crippen molar-refractivity contribution in [1.82, 2.24) is 4.98 Å². The van der Waals surface area contributed by atoms with Gasteiger partial charge >= 0.3 is 0 Å². The van der Waals surface area contributed by atoms with Crippen LogP contribution in [0.5, 0.6) is 11.5 Å². The molecule has 1 aliphatic rings. The van der Waals surface area contributed by atoms with E-state index in [2.05, 4.69) is 11.1 Å². The molecule has 5 heteroatoms. The predicted molar refractivity (Wildman–Crippen MR) is 78.3 cm³/mol. The van der Waals surface area contributed by atoms with Gasteiger partial charge in [-0.3, -0.25) is 4.98 Å². The molecule has 0 saturated heterocycles. The smallest absolute Gasteiger partial charge is 0.170 e. The zero-order valence-electron chi connectivity index (χ0n) is 11.2. The second kappa shape index (κ2) is 5.55. The molecule has 104 valence electrons. The van der Waals surface area contributed by atoms with Crippen molar-refractivity contribution < 1.29 is 9.47 Å². The highest BCUT2D eigenvalue weighted by Gasteiger charge is 2.19. The second-order valence-corrected chi connectivity index (χ2v) is 4.47. The Bertz CT molecular complexity index is 733. The number of fused-ring (bicyclic) bond motifs is 1. The van der Waals surface area contributed by atoms with Gasteiger partial charge in [0, 0.05) is 23.5 Å². The summed E-state index contributed by atoms with van der Waals surface area (Å²) >= 11 is 0. The Morgan fingerprint density at radius 2 is 2.05 bits per heavy atom. The molecule has 2 N–H and O–H groups in total. The van der Waals surface area contributed by atoms with Crippen LogP contribution in [0.25, 0.3) is 11.3 Å². The predicted octanol–water partition coefficient (Wildman–Crippen LogP) is 2.20. The molecule has 5 nitrogen and oxygen atoms in total. The molecule has 0 atom stereocenters. The summed E-state index contributed by atoms with van der Waals surface area (Å²) < 4.78 is 11.2. The van der Waals surface area contributed by atoms with E-state index in [0.29, 0.717) is 47.1 Å². The van der Waals surface area contributed by atoms with Crippen LogP contribution in [0.1, 0.15) is 11.1 Å². The van der Waals surface area contributed by atoms with Gasteiger partial charge in [-0.1, -0.05) is 12.1 Å². The van der Waals surface area contributed by atoms with Crippen LogP contribution in [0.4, 0.5) is 0 Å². The van der Waals surface area contributed by atoms with E-state index < -0.39 is 0 Å². The average Bonchev–Trinajstić information content (AvgIpc) is 2.56. The molecule has 21 heavy (non-hydrogen) atoms. The molecule has 1 aliphatic heterocycles. The number of rotatable bonds is 2. The van der Waals surface area contributed by atoms with Crippen molar-refractivity contribution >= 4 is 11.3 Å². The largest absolute Gasteiger partial charge is 0.486 e. The van der Waals surface area contributed by atoms with Crippen molar-refractivity contribution in [3.05, 3.63) is 53.9 Å². The maximum absolute atomic E-state index is 9.43. The molecule has 0 saturated carbocycles. The number of ether oxygens (including phenoxy) is 2. The molecule has 1 aromatic carbocycles. The van der Waals surface area contributed by atoms with E-state index >= 15 is 0 Å². The summed E-state index contributed by atoms with van der Waals surface area (Å²) in [5, 5.41) is 9.43. The first-order valence-electron chi connectivity index (χ1n) is 6.50. The lowest BCUT2D eigenvalue weighted by molar-refractivity contribution is 0.171. The van der Waals surface area contributed by atoms with Gasteiger partial charge in [0.2, 0.25) is 0 Å². The first kappa shape index (κ1) is 13.0. The van der Waals surface area contributed by atoms with Gasteiger partial charge in [-0.15, -0.1) is 0 Å². The SMILES string of the molecule is N#C/C(=C(/N)c1cccc2c1OCCO2)c1cccnc1. The number of nitriles is 1. The van der Waals surface area contributed by atoms with E-state index in [1.54, 1.807) is 24.5 Å². The van der Waals surface area contributed by atoms with Gasteiger partial charge in [0.15, 0.2) is 11.5 Å². The highest BCUT2D eigenvalue weighted by molar-refractivity contribution is 5.97. The Hall–Kier alpha value is -3.00. The van der Waals surface area contributed by atoms with Crippen molar-refractivity contribution in [2.24, 2.45) is 5.73 Å². The molecule has 2 heterocycles. The van der Waals surface area contributed by atoms with Gasteiger partial charge in [0.1, 0.15) is 19.3 Å². The number of hydrogen-bond acceptors (Lipinski definition) is 5. The van der Waals surface area contributed by atoms with Crippen LogP contribution < -0.4 is 15.2 Å². The summed E-state index contributed by atoms with van der Waals surface area (Å²) in [4.78, 5) is 4.02. The van der Waals surface area contributed by atoms with E-state index in [9.17, 15) is 5.26 Å². The Morgan fingerprint density at radius 1 is 1.19 bits per heavy atom. The molecule has 0 unspecified atom stereocenters. The quantitative estimate of drug-likeness (QED) is 0.852. The van der Waals surface area contributed by atoms with Gasteiger partial charge in [0.25, 0.3) is 0 Å². The highest BCUT2D eigenvalue weighted by atomic mass is 16.6. The Labute approximate surface area is 122 Å². The van der Waals surface area contributed by atoms with Crippen molar-refractivity contribution in [2.45, 2.75) is 0 Å². The lowest BCUT2D eigenvalue weighted by atomic mass is 10.0. The Balaban J connectivity index is 2.15. The summed E-state index contributed by atoms with van der Waals surface area (Å²) in [6, 6.07) is 11.2. The third-order valence-corrected chi connectivity index (χ3v) is 3.19. The molecule has 1 aromatic heterocycles. The fourth-order valence-electron chi connectivity index (χ4n) is 2.21. The number of nitrogens with zero attached hydrogens (tertiary/aromatic N) is 2. The maximum atomic E-state index is 9.43. The summed E-state index contributed by atoms with van der Waals surface area (Å²) in [5.74, 6) is 1.23. The van der Waals surface area contributed by atoms with E-state index in [1.165, 1.54) is 0 Å². The molecule has 0 bridgehead atoms. The molecule has 0 radical (unpaired) electrons. The lowest BCUT2D eigenvalue weighted by Crippen LogP contribution is -2.17. The third kappa shape index (κ3) is 2.39. The van der Waals surface area contributed by atoms with Crippen LogP contribution in [0.15, 0.2) is 42.7 Å². The number of para-hydroxylation sites is 1. The van der Waals surface area contributed by atoms with Crippen molar-refractivity contribution in [1.29, 1.82) is 5.26 Å². The normalized spacial score (nSPS) is 14.0. The molecular formula is C16H13N3O2. The molecular weight excluding hydrogens is 266 g/mol. The monoisotopic (exact) mass is 279 g/mol. The van der Waals surface area contributed by atoms with Crippen molar-refractivity contribution in [3.8, 4) is 17.6 Å². The van der Waals surface area contributed by atoms with Crippen molar-refractivity contribution in [3.63, 3.8) is 0 Å². The number of aromatic nitrogens is 1. The third-order valence-electron chi connectivity index (χ3n) is 3.19. The summed E-state index contributed by atoms with van der Waals surface area (Å²) in [7, 11) is 0. The van der Waals surface area contributed by atoms with E-state index in [4.69, 9.17) is 15.2 Å². The minimum Gasteiger partial charge on any atom is -0.486 e. The lowest BCUT2D eigenvalue weighted by Gasteiger charge is -2.21. The molecule has 2 aromatic rings. The Kier molecular flexibility index (Phi) is 3.44. The second-order valence-electron chi connectivity index (χ2n) is 4.47. The summed E-state index contributed by atoms with van der Waals surface area (Å²) in [6.45, 7) is 0.972. The van der Waals surface area contributed by atoms with E-state index in [1.807, 2.05) is 18.2 Å². The van der Waals surface area contributed by atoms with Gasteiger partial charge in [-0.2, -0.15) is 5.26 Å². The molecule has 0 spiro atoms. The van der Waals surface area contributed by atoms with Gasteiger partial charge in [0.05, 0.1) is 11.3 Å². The van der Waals surface area contributed by atoms with Crippen LogP contribution in [0.2, 0.25) is 0 Å². The van der Waals surface area contributed by atoms with E-state index in [-0.39, 0.29) is 0 Å². The fraction of sp³-hybridized carbons (Fsp3) is 0.125. The Morgan fingerprint density at radius 3 is 2.81 bits per heavy atom. The van der Waals surface area contributed by atoms with Crippen LogP contribution >= 0.6 is 0 Å². The van der Waals surface area contributed by atoms with Crippen LogP contribution in [-0.4, -0.2) is 18.2 Å². The van der Waals surface area contributed by atoms with Crippen LogP contribution in [0, 0.1) is 11.3 Å². The van der Waals surface area contributed by atoms with Gasteiger partial charge in [-0.25, -0.2) is 0 Å². The van der Waals surface area contributed by atoms with Crippen LogP contribution in [-0.2, 0) is 0 Å². The molecule has 3 rings (SSSR count). The summed E-state index contributed by atoms with van der Waals surface area (Å²) in [6.07, 6.45) is 3.26. The fourth-order valence-corrected chi connectivity index (χ4v) is 2.21. The molecule has 0 fully saturated rings. The number of hydrogen-bond donors (Lipinski definition) is 1. The number of benzene rings is 1. The molecule has 0 amide bonds. The maximum Gasteiger partial charge on any atom is 0.170 e. The highest BCUT2D eigenvalue weighted by Crippen LogP contribution is 2.37. The summed E-state index contributed by atoms with van der Waals surface area (Å²) in [5.41, 5.74) is 8.25. The average molecular weight is 279 g/mol. The zero-order valence-corrected chi connectivity index (χ0v) is 11.2. The van der Waals surface area contributed by atoms with Crippen LogP contribution in [0.3, 0.4) is 0 Å².